The van der Waals surface area contributed by atoms with Crippen molar-refractivity contribution in [3.8, 4) is 11.5 Å². The molecule has 140 valence electrons. The third-order valence-electron chi connectivity index (χ3n) is 5.32. The summed E-state index contributed by atoms with van der Waals surface area (Å²) >= 11 is 0. The highest BCUT2D eigenvalue weighted by Crippen LogP contribution is 2.44. The standard InChI is InChI=1S/C21H22N2O4/c1-12-16-11-14(10-13-6-5-9-23(18(13)16)21(12)25)22-20(24)15-7-4-8-17(26-2)19(15)27-3/h4,7-8,10-12H,5-6,9H2,1-3H3,(H,22,24)/t12-/m0/s1. The van der Waals surface area contributed by atoms with Crippen molar-refractivity contribution in [3.05, 3.63) is 47.0 Å². The lowest BCUT2D eigenvalue weighted by Crippen LogP contribution is -2.32. The van der Waals surface area contributed by atoms with Gasteiger partial charge in [0, 0.05) is 12.2 Å². The largest absolute Gasteiger partial charge is 0.493 e. The van der Waals surface area contributed by atoms with E-state index in [1.165, 1.54) is 14.2 Å². The Balaban J connectivity index is 1.69. The van der Waals surface area contributed by atoms with Crippen LogP contribution in [0.15, 0.2) is 30.3 Å². The molecular weight excluding hydrogens is 344 g/mol. The monoisotopic (exact) mass is 366 g/mol. The van der Waals surface area contributed by atoms with Gasteiger partial charge in [-0.3, -0.25) is 9.59 Å². The van der Waals surface area contributed by atoms with Crippen LogP contribution in [0, 0.1) is 0 Å². The first-order valence-corrected chi connectivity index (χ1v) is 9.05. The van der Waals surface area contributed by atoms with E-state index in [-0.39, 0.29) is 17.7 Å². The Bertz CT molecular complexity index is 938. The van der Waals surface area contributed by atoms with Gasteiger partial charge in [0.05, 0.1) is 31.4 Å². The van der Waals surface area contributed by atoms with Crippen molar-refractivity contribution in [1.29, 1.82) is 0 Å². The number of hydrogen-bond donors (Lipinski definition) is 1. The zero-order chi connectivity index (χ0) is 19.1. The van der Waals surface area contributed by atoms with Crippen molar-refractivity contribution in [2.75, 3.05) is 31.0 Å². The second kappa shape index (κ2) is 6.61. The number of ether oxygens (including phenoxy) is 2. The van der Waals surface area contributed by atoms with Crippen LogP contribution >= 0.6 is 0 Å². The zero-order valence-corrected chi connectivity index (χ0v) is 15.7. The Labute approximate surface area is 158 Å². The maximum Gasteiger partial charge on any atom is 0.259 e. The van der Waals surface area contributed by atoms with Crippen LogP contribution in [0.5, 0.6) is 11.5 Å². The third kappa shape index (κ3) is 2.72. The fraction of sp³-hybridized carbons (Fsp3) is 0.333. The molecule has 6 nitrogen and oxygen atoms in total. The quantitative estimate of drug-likeness (QED) is 0.901. The number of carbonyl (C=O) groups is 2. The van der Waals surface area contributed by atoms with Gasteiger partial charge in [0.1, 0.15) is 0 Å². The Morgan fingerprint density at radius 1 is 1.22 bits per heavy atom. The van der Waals surface area contributed by atoms with Crippen LogP contribution in [0.2, 0.25) is 0 Å². The number of amides is 2. The van der Waals surface area contributed by atoms with E-state index < -0.39 is 0 Å². The maximum atomic E-state index is 12.9. The topological polar surface area (TPSA) is 67.9 Å². The summed E-state index contributed by atoms with van der Waals surface area (Å²) in [5.41, 5.74) is 4.24. The minimum atomic E-state index is -0.275. The van der Waals surface area contributed by atoms with Gasteiger partial charge in [-0.15, -0.1) is 0 Å². The van der Waals surface area contributed by atoms with Crippen molar-refractivity contribution in [2.24, 2.45) is 0 Å². The first-order chi connectivity index (χ1) is 13.0. The maximum absolute atomic E-state index is 12.9. The second-order valence-electron chi connectivity index (χ2n) is 6.88. The second-order valence-corrected chi connectivity index (χ2v) is 6.88. The van der Waals surface area contributed by atoms with Crippen molar-refractivity contribution in [3.63, 3.8) is 0 Å². The molecule has 6 heteroatoms. The number of rotatable bonds is 4. The fourth-order valence-electron chi connectivity index (χ4n) is 4.03. The molecule has 0 unspecified atom stereocenters. The van der Waals surface area contributed by atoms with E-state index in [1.54, 1.807) is 18.2 Å². The van der Waals surface area contributed by atoms with Crippen LogP contribution < -0.4 is 19.7 Å². The number of para-hydroxylation sites is 1. The molecule has 1 atom stereocenters. The normalized spacial score (nSPS) is 17.5. The number of carbonyl (C=O) groups excluding carboxylic acids is 2. The molecule has 2 aromatic rings. The van der Waals surface area contributed by atoms with Gasteiger partial charge in [-0.05, 0) is 55.2 Å². The van der Waals surface area contributed by atoms with E-state index in [1.807, 2.05) is 24.0 Å². The van der Waals surface area contributed by atoms with Crippen LogP contribution in [0.1, 0.15) is 40.7 Å². The molecule has 2 heterocycles. The van der Waals surface area contributed by atoms with Crippen molar-refractivity contribution < 1.29 is 19.1 Å². The minimum absolute atomic E-state index is 0.142. The first kappa shape index (κ1) is 17.4. The number of nitrogens with one attached hydrogen (secondary N) is 1. The Hall–Kier alpha value is -3.02. The summed E-state index contributed by atoms with van der Waals surface area (Å²) < 4.78 is 10.6. The van der Waals surface area contributed by atoms with Crippen molar-refractivity contribution >= 4 is 23.2 Å². The highest BCUT2D eigenvalue weighted by atomic mass is 16.5. The van der Waals surface area contributed by atoms with Gasteiger partial charge in [-0.2, -0.15) is 0 Å². The van der Waals surface area contributed by atoms with Crippen LogP contribution in [-0.4, -0.2) is 32.6 Å². The lowest BCUT2D eigenvalue weighted by Gasteiger charge is -2.26. The Morgan fingerprint density at radius 2 is 2.04 bits per heavy atom. The van der Waals surface area contributed by atoms with Crippen molar-refractivity contribution in [2.45, 2.75) is 25.7 Å². The molecule has 0 fully saturated rings. The summed E-state index contributed by atoms with van der Waals surface area (Å²) in [6.45, 7) is 2.70. The SMILES string of the molecule is COc1cccc(C(=O)Nc2cc3c4c(c2)[C@H](C)C(=O)N4CCC3)c1OC. The summed E-state index contributed by atoms with van der Waals surface area (Å²) in [7, 11) is 3.05. The molecule has 2 aromatic carbocycles. The van der Waals surface area contributed by atoms with Crippen molar-refractivity contribution in [1.82, 2.24) is 0 Å². The summed E-state index contributed by atoms with van der Waals surface area (Å²) in [5, 5.41) is 2.96. The molecule has 0 saturated carbocycles. The molecule has 4 rings (SSSR count). The zero-order valence-electron chi connectivity index (χ0n) is 15.7. The fourth-order valence-corrected chi connectivity index (χ4v) is 4.03. The summed E-state index contributed by atoms with van der Waals surface area (Å²) in [4.78, 5) is 27.2. The van der Waals surface area contributed by atoms with Gasteiger partial charge in [0.15, 0.2) is 11.5 Å². The highest BCUT2D eigenvalue weighted by molar-refractivity contribution is 6.09. The van der Waals surface area contributed by atoms with Gasteiger partial charge < -0.3 is 19.7 Å². The molecule has 0 bridgehead atoms. The van der Waals surface area contributed by atoms with Gasteiger partial charge in [-0.25, -0.2) is 0 Å². The summed E-state index contributed by atoms with van der Waals surface area (Å²) in [5.74, 6) is 0.588. The Morgan fingerprint density at radius 3 is 2.78 bits per heavy atom. The predicted molar refractivity (Wildman–Crippen MR) is 103 cm³/mol. The van der Waals surface area contributed by atoms with E-state index >= 15 is 0 Å². The molecule has 0 aromatic heterocycles. The minimum Gasteiger partial charge on any atom is -0.493 e. The lowest BCUT2D eigenvalue weighted by atomic mass is 9.96. The molecule has 2 amide bonds. The molecular formula is C21H22N2O4. The van der Waals surface area contributed by atoms with Gasteiger partial charge >= 0.3 is 0 Å². The lowest BCUT2D eigenvalue weighted by molar-refractivity contribution is -0.119. The van der Waals surface area contributed by atoms with Crippen LogP contribution in [-0.2, 0) is 11.2 Å². The van der Waals surface area contributed by atoms with Gasteiger partial charge in [0.25, 0.3) is 5.91 Å². The Kier molecular flexibility index (Phi) is 4.26. The number of nitrogens with zero attached hydrogens (tertiary/aromatic N) is 1. The van der Waals surface area contributed by atoms with Gasteiger partial charge in [0.2, 0.25) is 5.91 Å². The molecule has 0 spiro atoms. The van der Waals surface area contributed by atoms with E-state index in [0.717, 1.165) is 36.2 Å². The van der Waals surface area contributed by atoms with Crippen LogP contribution in [0.25, 0.3) is 0 Å². The molecule has 2 aliphatic heterocycles. The molecule has 27 heavy (non-hydrogen) atoms. The van der Waals surface area contributed by atoms with E-state index in [0.29, 0.717) is 22.7 Å². The summed E-state index contributed by atoms with van der Waals surface area (Å²) in [6, 6.07) is 9.08. The average molecular weight is 366 g/mol. The third-order valence-corrected chi connectivity index (χ3v) is 5.32. The highest BCUT2D eigenvalue weighted by Gasteiger charge is 2.38. The molecule has 2 aliphatic rings. The average Bonchev–Trinajstić information content (AvgIpc) is 2.93. The number of aryl methyl sites for hydroxylation is 1. The molecule has 0 saturated heterocycles. The number of anilines is 2. The van der Waals surface area contributed by atoms with Gasteiger partial charge in [-0.1, -0.05) is 6.07 Å². The number of hydrogen-bond acceptors (Lipinski definition) is 4. The molecule has 0 aliphatic carbocycles. The van der Waals surface area contributed by atoms with E-state index in [9.17, 15) is 9.59 Å². The number of methoxy groups -OCH3 is 2. The molecule has 1 N–H and O–H groups in total. The van der Waals surface area contributed by atoms with Crippen LogP contribution in [0.3, 0.4) is 0 Å². The molecule has 0 radical (unpaired) electrons. The predicted octanol–water partition coefficient (Wildman–Crippen LogP) is 3.35. The van der Waals surface area contributed by atoms with E-state index in [2.05, 4.69) is 5.32 Å². The first-order valence-electron chi connectivity index (χ1n) is 9.05. The van der Waals surface area contributed by atoms with Crippen LogP contribution in [0.4, 0.5) is 11.4 Å². The summed E-state index contributed by atoms with van der Waals surface area (Å²) in [6.07, 6.45) is 1.84. The number of benzene rings is 2. The smallest absolute Gasteiger partial charge is 0.259 e. The van der Waals surface area contributed by atoms with E-state index in [4.69, 9.17) is 9.47 Å².